The zero-order chi connectivity index (χ0) is 15.7. The van der Waals surface area contributed by atoms with E-state index in [4.69, 9.17) is 4.74 Å². The Labute approximate surface area is 132 Å². The van der Waals surface area contributed by atoms with Crippen molar-refractivity contribution in [3.05, 3.63) is 29.8 Å². The summed E-state index contributed by atoms with van der Waals surface area (Å²) in [4.78, 5) is 38.5. The lowest BCUT2D eigenvalue weighted by atomic mass is 10.1. The number of ether oxygens (including phenoxy) is 1. The highest BCUT2D eigenvalue weighted by Gasteiger charge is 2.39. The van der Waals surface area contributed by atoms with Gasteiger partial charge in [-0.3, -0.25) is 19.3 Å². The molecule has 1 fully saturated rings. The first kappa shape index (κ1) is 15.1. The van der Waals surface area contributed by atoms with Gasteiger partial charge in [-0.25, -0.2) is 0 Å². The molecule has 2 atom stereocenters. The Bertz CT molecular complexity index is 634. The van der Waals surface area contributed by atoms with E-state index in [-0.39, 0.29) is 11.2 Å². The second kappa shape index (κ2) is 6.10. The van der Waals surface area contributed by atoms with E-state index in [1.165, 1.54) is 12.0 Å². The zero-order valence-corrected chi connectivity index (χ0v) is 13.0. The van der Waals surface area contributed by atoms with E-state index >= 15 is 0 Å². The highest BCUT2D eigenvalue weighted by Crippen LogP contribution is 2.27. The van der Waals surface area contributed by atoms with Crippen LogP contribution in [-0.4, -0.2) is 55.5 Å². The third-order valence-corrected chi connectivity index (χ3v) is 5.17. The van der Waals surface area contributed by atoms with Crippen molar-refractivity contribution in [2.24, 2.45) is 0 Å². The summed E-state index contributed by atoms with van der Waals surface area (Å²) in [6.45, 7) is 1.84. The molecule has 2 aliphatic rings. The Morgan fingerprint density at radius 1 is 1.41 bits per heavy atom. The minimum atomic E-state index is -0.485. The summed E-state index contributed by atoms with van der Waals surface area (Å²) in [5.41, 5.74) is 1.13. The molecule has 1 aromatic carbocycles. The summed E-state index contributed by atoms with van der Waals surface area (Å²) in [5, 5.41) is -0.211. The summed E-state index contributed by atoms with van der Waals surface area (Å²) >= 11 is 1.58. The third-order valence-electron chi connectivity index (χ3n) is 3.97. The van der Waals surface area contributed by atoms with E-state index in [2.05, 4.69) is 0 Å². The number of esters is 1. The van der Waals surface area contributed by atoms with Crippen LogP contribution in [0.3, 0.4) is 0 Å². The monoisotopic (exact) mass is 321 g/mol. The molecule has 22 heavy (non-hydrogen) atoms. The number of nitrogens with zero attached hydrogens (tertiary/aromatic N) is 1. The zero-order valence-electron chi connectivity index (χ0n) is 12.2. The van der Waals surface area contributed by atoms with Gasteiger partial charge in [0.1, 0.15) is 6.54 Å². The molecule has 1 saturated heterocycles. The minimum Gasteiger partial charge on any atom is -0.468 e. The first-order valence-corrected chi connectivity index (χ1v) is 8.15. The summed E-state index contributed by atoms with van der Waals surface area (Å²) in [6, 6.07) is 7.03. The van der Waals surface area contributed by atoms with Crippen LogP contribution in [0.5, 0.6) is 0 Å². The van der Waals surface area contributed by atoms with Crippen LogP contribution in [0.1, 0.15) is 10.4 Å². The number of fused-ring (bicyclic) bond motifs is 1. The van der Waals surface area contributed by atoms with E-state index in [0.717, 1.165) is 17.2 Å². The number of hydrogen-bond donors (Lipinski definition) is 1. The third kappa shape index (κ3) is 2.62. The van der Waals surface area contributed by atoms with Crippen LogP contribution in [0.25, 0.3) is 0 Å². The Morgan fingerprint density at radius 2 is 2.18 bits per heavy atom. The van der Waals surface area contributed by atoms with Crippen molar-refractivity contribution in [1.82, 2.24) is 0 Å². The van der Waals surface area contributed by atoms with Gasteiger partial charge in [0.15, 0.2) is 11.9 Å². The van der Waals surface area contributed by atoms with Crippen LogP contribution in [0, 0.1) is 0 Å². The molecule has 6 nitrogen and oxygen atoms in total. The SMILES string of the molecule is COC(=O)[C@@H]1C[NH+](CN2C(=O)C(=O)c3ccccc32)CCS1. The van der Waals surface area contributed by atoms with Crippen LogP contribution in [0.4, 0.5) is 5.69 Å². The lowest BCUT2D eigenvalue weighted by Crippen LogP contribution is -3.16. The molecule has 0 radical (unpaired) electrons. The number of nitrogens with one attached hydrogen (secondary N) is 1. The second-order valence-electron chi connectivity index (χ2n) is 5.32. The Hall–Kier alpha value is -1.86. The molecular formula is C15H17N2O4S+. The lowest BCUT2D eigenvalue weighted by Gasteiger charge is -2.30. The molecule has 3 rings (SSSR count). The quantitative estimate of drug-likeness (QED) is 0.592. The van der Waals surface area contributed by atoms with Crippen molar-refractivity contribution in [1.29, 1.82) is 0 Å². The van der Waals surface area contributed by atoms with Gasteiger partial charge in [-0.2, -0.15) is 0 Å². The number of benzene rings is 1. The molecule has 0 bridgehead atoms. The first-order valence-electron chi connectivity index (χ1n) is 7.10. The van der Waals surface area contributed by atoms with Crippen molar-refractivity contribution in [3.63, 3.8) is 0 Å². The maximum absolute atomic E-state index is 12.2. The number of rotatable bonds is 3. The number of methoxy groups -OCH3 is 1. The number of quaternary nitrogens is 1. The molecule has 1 amide bonds. The fraction of sp³-hybridized carbons (Fsp3) is 0.400. The van der Waals surface area contributed by atoms with Gasteiger partial charge >= 0.3 is 11.9 Å². The molecule has 2 aliphatic heterocycles. The van der Waals surface area contributed by atoms with E-state index in [9.17, 15) is 14.4 Å². The largest absolute Gasteiger partial charge is 0.468 e. The minimum absolute atomic E-state index is 0.211. The topological polar surface area (TPSA) is 68.1 Å². The van der Waals surface area contributed by atoms with Gasteiger partial charge in [0, 0.05) is 5.75 Å². The van der Waals surface area contributed by atoms with Crippen LogP contribution < -0.4 is 9.80 Å². The van der Waals surface area contributed by atoms with Crippen molar-refractivity contribution in [3.8, 4) is 0 Å². The predicted molar refractivity (Wildman–Crippen MR) is 82.1 cm³/mol. The van der Waals surface area contributed by atoms with E-state index in [1.807, 2.05) is 6.07 Å². The van der Waals surface area contributed by atoms with Gasteiger partial charge in [0.05, 0.1) is 24.9 Å². The van der Waals surface area contributed by atoms with Crippen molar-refractivity contribution < 1.29 is 24.0 Å². The maximum atomic E-state index is 12.2. The molecule has 1 N–H and O–H groups in total. The van der Waals surface area contributed by atoms with Crippen LogP contribution in [0.15, 0.2) is 24.3 Å². The lowest BCUT2D eigenvalue weighted by molar-refractivity contribution is -0.896. The van der Waals surface area contributed by atoms with Gasteiger partial charge in [0.2, 0.25) is 0 Å². The molecule has 2 heterocycles. The molecule has 0 saturated carbocycles. The number of ketones is 1. The predicted octanol–water partition coefficient (Wildman–Crippen LogP) is -0.653. The first-order chi connectivity index (χ1) is 10.6. The summed E-state index contributed by atoms with van der Waals surface area (Å²) < 4.78 is 4.79. The van der Waals surface area contributed by atoms with Crippen molar-refractivity contribution in [2.45, 2.75) is 5.25 Å². The van der Waals surface area contributed by atoms with Gasteiger partial charge in [-0.1, -0.05) is 12.1 Å². The highest BCUT2D eigenvalue weighted by molar-refractivity contribution is 8.00. The number of Topliss-reactive ketones (excluding diaryl/α,β-unsaturated/α-hetero) is 1. The van der Waals surface area contributed by atoms with E-state index in [0.29, 0.717) is 24.5 Å². The van der Waals surface area contributed by atoms with Crippen LogP contribution >= 0.6 is 11.8 Å². The fourth-order valence-electron chi connectivity index (χ4n) is 2.82. The summed E-state index contributed by atoms with van der Waals surface area (Å²) in [7, 11) is 1.39. The molecular weight excluding hydrogens is 304 g/mol. The molecule has 1 unspecified atom stereocenters. The van der Waals surface area contributed by atoms with Crippen LogP contribution in [-0.2, 0) is 14.3 Å². The molecule has 1 aromatic rings. The van der Waals surface area contributed by atoms with Gasteiger partial charge in [0.25, 0.3) is 5.78 Å². The van der Waals surface area contributed by atoms with Crippen molar-refractivity contribution in [2.75, 3.05) is 37.5 Å². The number of anilines is 1. The Balaban J connectivity index is 1.75. The van der Waals surface area contributed by atoms with Gasteiger partial charge < -0.3 is 9.64 Å². The second-order valence-corrected chi connectivity index (χ2v) is 6.63. The maximum Gasteiger partial charge on any atom is 0.324 e. The normalized spacial score (nSPS) is 24.3. The number of thioether (sulfide) groups is 1. The summed E-state index contributed by atoms with van der Waals surface area (Å²) in [5.74, 6) is -0.342. The average molecular weight is 321 g/mol. The van der Waals surface area contributed by atoms with Crippen LogP contribution in [0.2, 0.25) is 0 Å². The molecule has 7 heteroatoms. The summed E-state index contributed by atoms with van der Waals surface area (Å²) in [6.07, 6.45) is 0. The Morgan fingerprint density at radius 3 is 2.95 bits per heavy atom. The van der Waals surface area contributed by atoms with Gasteiger partial charge in [-0.05, 0) is 12.1 Å². The number of carbonyl (C=O) groups is 3. The number of hydrogen-bond acceptors (Lipinski definition) is 5. The van der Waals surface area contributed by atoms with Crippen molar-refractivity contribution >= 4 is 35.1 Å². The highest BCUT2D eigenvalue weighted by atomic mass is 32.2. The van der Waals surface area contributed by atoms with Gasteiger partial charge in [-0.15, -0.1) is 11.8 Å². The Kier molecular flexibility index (Phi) is 4.17. The molecule has 0 aliphatic carbocycles. The average Bonchev–Trinajstić information content (AvgIpc) is 2.80. The van der Waals surface area contributed by atoms with E-state index in [1.54, 1.807) is 30.0 Å². The standard InChI is InChI=1S/C15H16N2O4S/c1-21-15(20)12-8-16(6-7-22-12)9-17-11-5-3-2-4-10(11)13(18)14(17)19/h2-5,12H,6-9H2,1H3/p+1/t12-/m0/s1. The van der Waals surface area contributed by atoms with E-state index < -0.39 is 11.7 Å². The molecule has 116 valence electrons. The number of carbonyl (C=O) groups excluding carboxylic acids is 3. The number of amides is 1. The fourth-order valence-corrected chi connectivity index (χ4v) is 4.10. The number of para-hydroxylation sites is 1. The molecule has 0 aromatic heterocycles. The smallest absolute Gasteiger partial charge is 0.324 e. The molecule has 0 spiro atoms.